The second-order valence-corrected chi connectivity index (χ2v) is 4.91. The number of aromatic nitrogens is 3. The van der Waals surface area contributed by atoms with Gasteiger partial charge in [0.2, 0.25) is 0 Å². The highest BCUT2D eigenvalue weighted by molar-refractivity contribution is 9.10. The Morgan fingerprint density at radius 1 is 1.44 bits per heavy atom. The smallest absolute Gasteiger partial charge is 0.170 e. The normalized spacial score (nSPS) is 10.6. The highest BCUT2D eigenvalue weighted by Gasteiger charge is 2.12. The Kier molecular flexibility index (Phi) is 3.91. The van der Waals surface area contributed by atoms with Crippen LogP contribution in [0.4, 0.5) is 0 Å². The lowest BCUT2D eigenvalue weighted by Gasteiger charge is -2.04. The molecule has 0 aliphatic heterocycles. The van der Waals surface area contributed by atoms with Crippen LogP contribution in [0.1, 0.15) is 28.7 Å². The molecule has 0 aliphatic carbocycles. The molecule has 0 amide bonds. The number of ketones is 1. The first kappa shape index (κ1) is 13.0. The Hall–Kier alpha value is -1.49. The predicted octanol–water partition coefficient (Wildman–Crippen LogP) is 2.79. The van der Waals surface area contributed by atoms with Crippen LogP contribution in [0.5, 0.6) is 0 Å². The molecule has 0 radical (unpaired) electrons. The maximum Gasteiger partial charge on any atom is 0.170 e. The number of rotatable bonds is 4. The molecule has 1 heterocycles. The molecule has 0 N–H and O–H groups in total. The largest absolute Gasteiger partial charge is 0.294 e. The number of nitrogens with zero attached hydrogens (tertiary/aromatic N) is 3. The topological polar surface area (TPSA) is 47.8 Å². The van der Waals surface area contributed by atoms with Crippen molar-refractivity contribution in [3.8, 4) is 0 Å². The van der Waals surface area contributed by atoms with Gasteiger partial charge in [0.05, 0.1) is 6.42 Å². The van der Waals surface area contributed by atoms with Gasteiger partial charge in [0.1, 0.15) is 12.2 Å². The van der Waals surface area contributed by atoms with Crippen molar-refractivity contribution >= 4 is 21.7 Å². The Labute approximate surface area is 114 Å². The van der Waals surface area contributed by atoms with Crippen LogP contribution in [0, 0.1) is 6.92 Å². The van der Waals surface area contributed by atoms with Crippen molar-refractivity contribution in [2.24, 2.45) is 0 Å². The molecule has 4 nitrogen and oxygen atoms in total. The standard InChI is InChI=1S/C13H14BrN3O/c1-3-17-13(15-8-16-17)7-12(18)10-4-5-11(14)9(2)6-10/h4-6,8H,3,7H2,1-2H3. The molecule has 0 atom stereocenters. The first-order chi connectivity index (χ1) is 8.61. The van der Waals surface area contributed by atoms with Gasteiger partial charge in [-0.2, -0.15) is 5.10 Å². The maximum absolute atomic E-state index is 12.1. The molecule has 2 aromatic rings. The van der Waals surface area contributed by atoms with Crippen molar-refractivity contribution in [3.63, 3.8) is 0 Å². The summed E-state index contributed by atoms with van der Waals surface area (Å²) in [4.78, 5) is 16.3. The third-order valence-electron chi connectivity index (χ3n) is 2.79. The average Bonchev–Trinajstić information content (AvgIpc) is 2.79. The van der Waals surface area contributed by atoms with Crippen molar-refractivity contribution in [2.45, 2.75) is 26.8 Å². The van der Waals surface area contributed by atoms with Crippen LogP contribution >= 0.6 is 15.9 Å². The van der Waals surface area contributed by atoms with Gasteiger partial charge in [-0.1, -0.05) is 22.0 Å². The minimum Gasteiger partial charge on any atom is -0.294 e. The molecule has 1 aromatic carbocycles. The summed E-state index contributed by atoms with van der Waals surface area (Å²) < 4.78 is 2.75. The fourth-order valence-corrected chi connectivity index (χ4v) is 2.00. The van der Waals surface area contributed by atoms with E-state index in [2.05, 4.69) is 26.0 Å². The maximum atomic E-state index is 12.1. The van der Waals surface area contributed by atoms with Crippen LogP contribution in [-0.2, 0) is 13.0 Å². The quantitative estimate of drug-likeness (QED) is 0.816. The number of hydrogen-bond donors (Lipinski definition) is 0. The lowest BCUT2D eigenvalue weighted by Crippen LogP contribution is -2.11. The highest BCUT2D eigenvalue weighted by Crippen LogP contribution is 2.18. The van der Waals surface area contributed by atoms with E-state index in [4.69, 9.17) is 0 Å². The number of Topliss-reactive ketones (excluding diaryl/α,β-unsaturated/α-hetero) is 1. The minimum atomic E-state index is 0.0632. The summed E-state index contributed by atoms with van der Waals surface area (Å²) in [6, 6.07) is 5.61. The van der Waals surface area contributed by atoms with E-state index in [0.29, 0.717) is 11.4 Å². The molecule has 0 aliphatic rings. The summed E-state index contributed by atoms with van der Waals surface area (Å²) in [6.45, 7) is 4.67. The van der Waals surface area contributed by atoms with Crippen molar-refractivity contribution in [1.82, 2.24) is 14.8 Å². The SMILES string of the molecule is CCn1ncnc1CC(=O)c1ccc(Br)c(C)c1. The molecule has 0 unspecified atom stereocenters. The second-order valence-electron chi connectivity index (χ2n) is 4.06. The molecule has 18 heavy (non-hydrogen) atoms. The van der Waals surface area contributed by atoms with E-state index in [1.54, 1.807) is 4.68 Å². The number of hydrogen-bond acceptors (Lipinski definition) is 3. The third kappa shape index (κ3) is 2.67. The van der Waals surface area contributed by atoms with Crippen molar-refractivity contribution in [2.75, 3.05) is 0 Å². The molecule has 5 heteroatoms. The van der Waals surface area contributed by atoms with Crippen molar-refractivity contribution in [1.29, 1.82) is 0 Å². The average molecular weight is 308 g/mol. The van der Waals surface area contributed by atoms with Gasteiger partial charge >= 0.3 is 0 Å². The van der Waals surface area contributed by atoms with Gasteiger partial charge in [-0.05, 0) is 31.5 Å². The van der Waals surface area contributed by atoms with Gasteiger partial charge in [-0.25, -0.2) is 9.67 Å². The number of carbonyl (C=O) groups excluding carboxylic acids is 1. The molecule has 0 saturated carbocycles. The van der Waals surface area contributed by atoms with Gasteiger partial charge in [-0.3, -0.25) is 4.79 Å². The first-order valence-corrected chi connectivity index (χ1v) is 6.57. The summed E-state index contributed by atoms with van der Waals surface area (Å²) >= 11 is 3.42. The van der Waals surface area contributed by atoms with E-state index >= 15 is 0 Å². The number of aryl methyl sites for hydroxylation is 2. The molecule has 0 fully saturated rings. The Bertz CT molecular complexity index is 577. The fourth-order valence-electron chi connectivity index (χ4n) is 1.75. The molecule has 94 valence electrons. The van der Waals surface area contributed by atoms with Crippen LogP contribution in [0.2, 0.25) is 0 Å². The Balaban J connectivity index is 2.19. The third-order valence-corrected chi connectivity index (χ3v) is 3.68. The van der Waals surface area contributed by atoms with Crippen molar-refractivity contribution in [3.05, 3.63) is 46.0 Å². The Morgan fingerprint density at radius 3 is 2.89 bits per heavy atom. The summed E-state index contributed by atoms with van der Waals surface area (Å²) in [7, 11) is 0. The summed E-state index contributed by atoms with van der Waals surface area (Å²) in [5.74, 6) is 0.774. The first-order valence-electron chi connectivity index (χ1n) is 5.78. The zero-order valence-corrected chi connectivity index (χ0v) is 11.9. The summed E-state index contributed by atoms with van der Waals surface area (Å²) in [6.07, 6.45) is 1.77. The minimum absolute atomic E-state index is 0.0632. The number of halogens is 1. The van der Waals surface area contributed by atoms with Crippen LogP contribution < -0.4 is 0 Å². The van der Waals surface area contributed by atoms with Crippen molar-refractivity contribution < 1.29 is 4.79 Å². The second kappa shape index (κ2) is 5.44. The zero-order chi connectivity index (χ0) is 13.1. The Morgan fingerprint density at radius 2 is 2.22 bits per heavy atom. The zero-order valence-electron chi connectivity index (χ0n) is 10.4. The molecule has 1 aromatic heterocycles. The van der Waals surface area contributed by atoms with E-state index < -0.39 is 0 Å². The summed E-state index contributed by atoms with van der Waals surface area (Å²) in [5.41, 5.74) is 1.76. The van der Waals surface area contributed by atoms with Crippen LogP contribution in [0.3, 0.4) is 0 Å². The van der Waals surface area contributed by atoms with E-state index in [1.165, 1.54) is 6.33 Å². The lowest BCUT2D eigenvalue weighted by molar-refractivity contribution is 0.0989. The number of carbonyl (C=O) groups is 1. The van der Waals surface area contributed by atoms with E-state index in [1.807, 2.05) is 32.0 Å². The monoisotopic (exact) mass is 307 g/mol. The van der Waals surface area contributed by atoms with E-state index in [9.17, 15) is 4.79 Å². The fraction of sp³-hybridized carbons (Fsp3) is 0.308. The van der Waals surface area contributed by atoms with Crippen LogP contribution in [-0.4, -0.2) is 20.5 Å². The van der Waals surface area contributed by atoms with E-state index in [-0.39, 0.29) is 12.2 Å². The molecular weight excluding hydrogens is 294 g/mol. The van der Waals surface area contributed by atoms with Gasteiger partial charge < -0.3 is 0 Å². The lowest BCUT2D eigenvalue weighted by atomic mass is 10.1. The molecule has 2 rings (SSSR count). The van der Waals surface area contributed by atoms with Gasteiger partial charge in [0.15, 0.2) is 5.78 Å². The van der Waals surface area contributed by atoms with Gasteiger partial charge in [-0.15, -0.1) is 0 Å². The molecular formula is C13H14BrN3O. The van der Waals surface area contributed by atoms with E-state index in [0.717, 1.165) is 16.6 Å². The molecule has 0 bridgehead atoms. The number of benzene rings is 1. The van der Waals surface area contributed by atoms with Gasteiger partial charge in [0, 0.05) is 16.6 Å². The van der Waals surface area contributed by atoms with Crippen LogP contribution in [0.15, 0.2) is 29.0 Å². The predicted molar refractivity (Wildman–Crippen MR) is 72.6 cm³/mol. The molecule has 0 saturated heterocycles. The van der Waals surface area contributed by atoms with Gasteiger partial charge in [0.25, 0.3) is 0 Å². The highest BCUT2D eigenvalue weighted by atomic mass is 79.9. The molecule has 0 spiro atoms. The summed E-state index contributed by atoms with van der Waals surface area (Å²) in [5, 5.41) is 4.06. The van der Waals surface area contributed by atoms with Crippen LogP contribution in [0.25, 0.3) is 0 Å².